The summed E-state index contributed by atoms with van der Waals surface area (Å²) in [4.78, 5) is 4.43. The van der Waals surface area contributed by atoms with Crippen LogP contribution in [0.5, 0.6) is 5.75 Å². The second-order valence-corrected chi connectivity index (χ2v) is 8.38. The Balaban J connectivity index is 1.75. The number of fused-ring (bicyclic) bond motifs is 1. The Morgan fingerprint density at radius 2 is 2.06 bits per heavy atom. The van der Waals surface area contributed by atoms with Gasteiger partial charge in [0, 0.05) is 24.1 Å². The normalized spacial score (nSPS) is 13.3. The van der Waals surface area contributed by atoms with E-state index in [1.165, 1.54) is 10.7 Å². The fourth-order valence-electron chi connectivity index (χ4n) is 3.94. The minimum Gasteiger partial charge on any atom is -0.489 e. The van der Waals surface area contributed by atoms with Crippen LogP contribution >= 0.6 is 11.6 Å². The van der Waals surface area contributed by atoms with Crippen molar-refractivity contribution in [2.75, 3.05) is 5.73 Å². The first kappa shape index (κ1) is 20.3. The van der Waals surface area contributed by atoms with Crippen molar-refractivity contribution in [3.05, 3.63) is 58.5 Å². The molecular formula is C24H19ClFN5O. The van der Waals surface area contributed by atoms with Gasteiger partial charge in [-0.05, 0) is 43.0 Å². The molecule has 4 aromatic rings. The van der Waals surface area contributed by atoms with Crippen LogP contribution in [-0.4, -0.2) is 20.9 Å². The number of nitrogens with two attached hydrogens (primary N) is 1. The third-order valence-electron chi connectivity index (χ3n) is 5.64. The van der Waals surface area contributed by atoms with Crippen LogP contribution in [-0.2, 0) is 7.05 Å². The number of nitrogens with zero attached hydrogens (tertiary/aromatic N) is 4. The van der Waals surface area contributed by atoms with Crippen molar-refractivity contribution >= 4 is 28.3 Å². The van der Waals surface area contributed by atoms with Crippen LogP contribution in [0.4, 0.5) is 10.2 Å². The summed E-state index contributed by atoms with van der Waals surface area (Å²) < 4.78 is 22.8. The Labute approximate surface area is 189 Å². The maximum absolute atomic E-state index is 15.4. The van der Waals surface area contributed by atoms with Gasteiger partial charge in [-0.25, -0.2) is 9.37 Å². The fourth-order valence-corrected chi connectivity index (χ4v) is 4.13. The van der Waals surface area contributed by atoms with Crippen LogP contribution in [0.3, 0.4) is 0 Å². The lowest BCUT2D eigenvalue weighted by molar-refractivity contribution is 0.302. The number of ether oxygens (including phenoxy) is 1. The smallest absolute Gasteiger partial charge is 0.152 e. The van der Waals surface area contributed by atoms with Crippen LogP contribution in [0.1, 0.15) is 24.0 Å². The van der Waals surface area contributed by atoms with Gasteiger partial charge < -0.3 is 10.5 Å². The van der Waals surface area contributed by atoms with Crippen molar-refractivity contribution < 1.29 is 9.13 Å². The number of hydrogen-bond donors (Lipinski definition) is 1. The molecule has 0 aliphatic heterocycles. The minimum atomic E-state index is -0.685. The topological polar surface area (TPSA) is 89.8 Å². The lowest BCUT2D eigenvalue weighted by Crippen LogP contribution is -2.04. The van der Waals surface area contributed by atoms with Crippen molar-refractivity contribution in [1.29, 1.82) is 5.26 Å². The lowest BCUT2D eigenvalue weighted by Gasteiger charge is -2.15. The third kappa shape index (κ3) is 3.33. The van der Waals surface area contributed by atoms with Gasteiger partial charge in [-0.2, -0.15) is 10.4 Å². The van der Waals surface area contributed by atoms with Gasteiger partial charge in [0.25, 0.3) is 0 Å². The maximum Gasteiger partial charge on any atom is 0.152 e. The highest BCUT2D eigenvalue weighted by atomic mass is 35.5. The molecule has 0 atom stereocenters. The molecule has 2 N–H and O–H groups in total. The Kier molecular flexibility index (Phi) is 4.75. The summed E-state index contributed by atoms with van der Waals surface area (Å²) in [6.45, 7) is 1.97. The van der Waals surface area contributed by atoms with Crippen LogP contribution in [0.25, 0.3) is 33.3 Å². The monoisotopic (exact) mass is 447 g/mol. The molecule has 2 aromatic carbocycles. The zero-order chi connectivity index (χ0) is 22.6. The lowest BCUT2D eigenvalue weighted by atomic mass is 9.96. The molecule has 1 aliphatic rings. The number of pyridine rings is 1. The van der Waals surface area contributed by atoms with E-state index in [9.17, 15) is 5.26 Å². The van der Waals surface area contributed by atoms with E-state index in [-0.39, 0.29) is 28.0 Å². The van der Waals surface area contributed by atoms with E-state index >= 15 is 4.39 Å². The number of anilines is 1. The highest BCUT2D eigenvalue weighted by Gasteiger charge is 2.29. The zero-order valence-corrected chi connectivity index (χ0v) is 18.2. The van der Waals surface area contributed by atoms with E-state index in [4.69, 9.17) is 22.1 Å². The van der Waals surface area contributed by atoms with E-state index in [1.54, 1.807) is 13.2 Å². The maximum atomic E-state index is 15.4. The largest absolute Gasteiger partial charge is 0.489 e. The number of benzene rings is 2. The molecule has 0 amide bonds. The van der Waals surface area contributed by atoms with Crippen molar-refractivity contribution in [3.8, 4) is 34.2 Å². The van der Waals surface area contributed by atoms with Gasteiger partial charge in [0.2, 0.25) is 0 Å². The van der Waals surface area contributed by atoms with Gasteiger partial charge in [-0.15, -0.1) is 0 Å². The summed E-state index contributed by atoms with van der Waals surface area (Å²) in [5.41, 5.74) is 9.69. The first-order valence-electron chi connectivity index (χ1n) is 10.2. The van der Waals surface area contributed by atoms with Gasteiger partial charge in [-0.3, -0.25) is 4.68 Å². The molecule has 8 heteroatoms. The number of nitrogen functional groups attached to an aromatic ring is 1. The summed E-state index contributed by atoms with van der Waals surface area (Å²) in [6, 6.07) is 11.1. The molecular weight excluding hydrogens is 429 g/mol. The van der Waals surface area contributed by atoms with Crippen LogP contribution < -0.4 is 10.5 Å². The molecule has 0 spiro atoms. The van der Waals surface area contributed by atoms with E-state index < -0.39 is 5.82 Å². The molecule has 2 aromatic heterocycles. The van der Waals surface area contributed by atoms with Crippen LogP contribution in [0.2, 0.25) is 5.02 Å². The number of nitriles is 1. The number of aryl methyl sites for hydroxylation is 2. The highest BCUT2D eigenvalue weighted by molar-refractivity contribution is 6.31. The number of aromatic nitrogens is 3. The molecule has 1 saturated carbocycles. The molecule has 0 saturated heterocycles. The molecule has 1 aliphatic carbocycles. The van der Waals surface area contributed by atoms with Gasteiger partial charge in [0.1, 0.15) is 23.2 Å². The van der Waals surface area contributed by atoms with E-state index in [0.717, 1.165) is 34.9 Å². The predicted octanol–water partition coefficient (Wildman–Crippen LogP) is 5.40. The minimum absolute atomic E-state index is 0.0303. The third-order valence-corrected chi connectivity index (χ3v) is 5.91. The first-order chi connectivity index (χ1) is 15.4. The molecule has 5 rings (SSSR count). The van der Waals surface area contributed by atoms with Gasteiger partial charge in [-0.1, -0.05) is 23.7 Å². The van der Waals surface area contributed by atoms with E-state index in [1.807, 2.05) is 31.2 Å². The van der Waals surface area contributed by atoms with Gasteiger partial charge in [0.15, 0.2) is 5.82 Å². The Hall–Kier alpha value is -3.63. The quantitative estimate of drug-likeness (QED) is 0.452. The van der Waals surface area contributed by atoms with Crippen molar-refractivity contribution in [2.45, 2.75) is 25.9 Å². The summed E-state index contributed by atoms with van der Waals surface area (Å²) in [7, 11) is 1.70. The summed E-state index contributed by atoms with van der Waals surface area (Å²) in [6.07, 6.45) is 3.47. The molecule has 32 heavy (non-hydrogen) atoms. The van der Waals surface area contributed by atoms with Crippen LogP contribution in [0.15, 0.2) is 36.5 Å². The van der Waals surface area contributed by atoms with Gasteiger partial charge >= 0.3 is 0 Å². The number of hydrogen-bond acceptors (Lipinski definition) is 5. The molecule has 0 radical (unpaired) electrons. The second kappa shape index (κ2) is 7.50. The fraction of sp³-hybridized carbons (Fsp3) is 0.208. The van der Waals surface area contributed by atoms with Crippen molar-refractivity contribution in [1.82, 2.24) is 14.8 Å². The summed E-state index contributed by atoms with van der Waals surface area (Å²) in [5.74, 6) is 0.0235. The van der Waals surface area contributed by atoms with Crippen molar-refractivity contribution in [3.63, 3.8) is 0 Å². The standard InChI is InChI=1S/C24H19ClFN5O/c1-12-7-21(28)30-19-8-13(3-6-15(12)19)17-11-29-31(2)24(17)22-16(10-27)20(32-14-4-5-14)9-18(25)23(22)26/h3,6-9,11,14H,4-5H2,1-2H3,(H2,28,30). The molecule has 1 fully saturated rings. The number of rotatable bonds is 4. The molecule has 160 valence electrons. The highest BCUT2D eigenvalue weighted by Crippen LogP contribution is 2.43. The average Bonchev–Trinajstić information content (AvgIpc) is 3.49. The Morgan fingerprint density at radius 1 is 1.28 bits per heavy atom. The first-order valence-corrected chi connectivity index (χ1v) is 10.5. The Morgan fingerprint density at radius 3 is 2.78 bits per heavy atom. The predicted molar refractivity (Wildman–Crippen MR) is 122 cm³/mol. The van der Waals surface area contributed by atoms with Crippen LogP contribution in [0, 0.1) is 24.1 Å². The second-order valence-electron chi connectivity index (χ2n) is 7.98. The molecule has 6 nitrogen and oxygen atoms in total. The van der Waals surface area contributed by atoms with Gasteiger partial charge in [0.05, 0.1) is 34.1 Å². The molecule has 0 bridgehead atoms. The van der Waals surface area contributed by atoms with E-state index in [2.05, 4.69) is 16.2 Å². The van der Waals surface area contributed by atoms with E-state index in [0.29, 0.717) is 17.1 Å². The molecule has 0 unspecified atom stereocenters. The molecule has 2 heterocycles. The number of halogens is 2. The summed E-state index contributed by atoms with van der Waals surface area (Å²) >= 11 is 6.21. The Bertz CT molecular complexity index is 1440. The zero-order valence-electron chi connectivity index (χ0n) is 17.5. The average molecular weight is 448 g/mol. The summed E-state index contributed by atoms with van der Waals surface area (Å²) in [5, 5.41) is 15.1. The SMILES string of the molecule is Cc1cc(N)nc2cc(-c3cnn(C)c3-c3c(F)c(Cl)cc(OC4CC4)c3C#N)ccc12. The van der Waals surface area contributed by atoms with Crippen molar-refractivity contribution in [2.24, 2.45) is 7.05 Å².